The van der Waals surface area contributed by atoms with Crippen LogP contribution in [0, 0.1) is 5.82 Å². The number of benzene rings is 1. The first-order valence-electron chi connectivity index (χ1n) is 5.54. The summed E-state index contributed by atoms with van der Waals surface area (Å²) < 4.78 is 56.0. The fourth-order valence-corrected chi connectivity index (χ4v) is 1.96. The van der Waals surface area contributed by atoms with Crippen molar-refractivity contribution in [3.05, 3.63) is 35.1 Å². The number of ether oxygens (including phenoxy) is 1. The van der Waals surface area contributed by atoms with E-state index in [-0.39, 0.29) is 18.6 Å². The van der Waals surface area contributed by atoms with E-state index in [1.807, 2.05) is 0 Å². The van der Waals surface area contributed by atoms with Crippen LogP contribution in [0.1, 0.15) is 30.1 Å². The summed E-state index contributed by atoms with van der Waals surface area (Å²) in [6, 6.07) is 2.35. The smallest absolute Gasteiger partial charge is 0.393 e. The number of aliphatic hydroxyl groups excluding tert-OH is 1. The SMILES string of the molecule is OC1CCOC(c2ccc(C(F)(F)F)cc2F)C1. The third-order valence-corrected chi connectivity index (χ3v) is 2.93. The zero-order valence-corrected chi connectivity index (χ0v) is 9.38. The van der Waals surface area contributed by atoms with Crippen molar-refractivity contribution in [3.8, 4) is 0 Å². The first-order chi connectivity index (χ1) is 8.38. The van der Waals surface area contributed by atoms with Crippen molar-refractivity contribution in [2.45, 2.75) is 31.2 Å². The number of halogens is 4. The van der Waals surface area contributed by atoms with Gasteiger partial charge in [0, 0.05) is 18.6 Å². The van der Waals surface area contributed by atoms with Gasteiger partial charge in [0.1, 0.15) is 5.82 Å². The molecule has 1 saturated heterocycles. The van der Waals surface area contributed by atoms with Gasteiger partial charge in [0.25, 0.3) is 0 Å². The molecular weight excluding hydrogens is 252 g/mol. The normalized spacial score (nSPS) is 25.2. The van der Waals surface area contributed by atoms with Crippen molar-refractivity contribution >= 4 is 0 Å². The monoisotopic (exact) mass is 264 g/mol. The van der Waals surface area contributed by atoms with Gasteiger partial charge in [-0.3, -0.25) is 0 Å². The van der Waals surface area contributed by atoms with Crippen LogP contribution >= 0.6 is 0 Å². The van der Waals surface area contributed by atoms with Crippen LogP contribution in [-0.2, 0) is 10.9 Å². The van der Waals surface area contributed by atoms with Crippen LogP contribution in [0.4, 0.5) is 17.6 Å². The van der Waals surface area contributed by atoms with Crippen LogP contribution in [0.2, 0.25) is 0 Å². The minimum atomic E-state index is -4.56. The van der Waals surface area contributed by atoms with Gasteiger partial charge in [-0.25, -0.2) is 4.39 Å². The molecule has 1 fully saturated rings. The molecule has 100 valence electrons. The van der Waals surface area contributed by atoms with Gasteiger partial charge < -0.3 is 9.84 Å². The van der Waals surface area contributed by atoms with E-state index in [1.54, 1.807) is 0 Å². The molecule has 1 N–H and O–H groups in total. The Morgan fingerprint density at radius 3 is 2.56 bits per heavy atom. The first kappa shape index (κ1) is 13.3. The Hall–Kier alpha value is -1.14. The van der Waals surface area contributed by atoms with Gasteiger partial charge in [0.15, 0.2) is 0 Å². The Morgan fingerprint density at radius 1 is 1.28 bits per heavy atom. The molecule has 0 bridgehead atoms. The molecular formula is C12H12F4O2. The van der Waals surface area contributed by atoms with Crippen molar-refractivity contribution in [1.82, 2.24) is 0 Å². The third kappa shape index (κ3) is 2.81. The number of alkyl halides is 3. The largest absolute Gasteiger partial charge is 0.416 e. The summed E-state index contributed by atoms with van der Waals surface area (Å²) in [6.07, 6.45) is -5.20. The zero-order chi connectivity index (χ0) is 13.3. The first-order valence-corrected chi connectivity index (χ1v) is 5.54. The van der Waals surface area contributed by atoms with E-state index in [1.165, 1.54) is 0 Å². The molecule has 2 atom stereocenters. The van der Waals surface area contributed by atoms with E-state index in [0.29, 0.717) is 12.5 Å². The van der Waals surface area contributed by atoms with Gasteiger partial charge in [-0.1, -0.05) is 6.07 Å². The molecule has 1 heterocycles. The molecule has 2 unspecified atom stereocenters. The third-order valence-electron chi connectivity index (χ3n) is 2.93. The molecule has 2 rings (SSSR count). The Labute approximate surface area is 101 Å². The molecule has 0 saturated carbocycles. The van der Waals surface area contributed by atoms with E-state index < -0.39 is 29.8 Å². The van der Waals surface area contributed by atoms with Crippen molar-refractivity contribution in [2.75, 3.05) is 6.61 Å². The second kappa shape index (κ2) is 4.85. The lowest BCUT2D eigenvalue weighted by Gasteiger charge is -2.27. The van der Waals surface area contributed by atoms with Gasteiger partial charge >= 0.3 is 6.18 Å². The predicted octanol–water partition coefficient (Wildman–Crippen LogP) is 3.06. The van der Waals surface area contributed by atoms with Crippen molar-refractivity contribution < 1.29 is 27.4 Å². The average Bonchev–Trinajstić information content (AvgIpc) is 2.27. The molecule has 1 aromatic rings. The molecule has 0 radical (unpaired) electrons. The standard InChI is InChI=1S/C12H12F4O2/c13-10-5-7(12(14,15)16)1-2-9(10)11-6-8(17)3-4-18-11/h1-2,5,8,11,17H,3-4,6H2. The van der Waals surface area contributed by atoms with Crippen LogP contribution in [0.25, 0.3) is 0 Å². The van der Waals surface area contributed by atoms with Crippen molar-refractivity contribution in [1.29, 1.82) is 0 Å². The maximum atomic E-state index is 13.6. The van der Waals surface area contributed by atoms with E-state index in [4.69, 9.17) is 4.74 Å². The Morgan fingerprint density at radius 2 is 2.00 bits per heavy atom. The van der Waals surface area contributed by atoms with Gasteiger partial charge in [0.05, 0.1) is 17.8 Å². The maximum absolute atomic E-state index is 13.6. The summed E-state index contributed by atoms with van der Waals surface area (Å²) in [4.78, 5) is 0. The lowest BCUT2D eigenvalue weighted by Crippen LogP contribution is -2.24. The highest BCUT2D eigenvalue weighted by Crippen LogP contribution is 2.34. The number of aliphatic hydroxyl groups is 1. The van der Waals surface area contributed by atoms with Gasteiger partial charge in [-0.2, -0.15) is 13.2 Å². The molecule has 6 heteroatoms. The summed E-state index contributed by atoms with van der Waals surface area (Å²) in [5.41, 5.74) is -0.971. The highest BCUT2D eigenvalue weighted by atomic mass is 19.4. The topological polar surface area (TPSA) is 29.5 Å². The van der Waals surface area contributed by atoms with Crippen LogP contribution < -0.4 is 0 Å². The van der Waals surface area contributed by atoms with E-state index in [0.717, 1.165) is 12.1 Å². The summed E-state index contributed by atoms with van der Waals surface area (Å²) in [5.74, 6) is -0.955. The van der Waals surface area contributed by atoms with E-state index in [9.17, 15) is 22.7 Å². The lowest BCUT2D eigenvalue weighted by molar-refractivity contribution is -0.137. The molecule has 0 aromatic heterocycles. The number of hydrogen-bond donors (Lipinski definition) is 1. The molecule has 1 aromatic carbocycles. The van der Waals surface area contributed by atoms with Gasteiger partial charge in [-0.05, 0) is 18.6 Å². The van der Waals surface area contributed by atoms with E-state index in [2.05, 4.69) is 0 Å². The highest BCUT2D eigenvalue weighted by Gasteiger charge is 2.32. The van der Waals surface area contributed by atoms with Crippen LogP contribution in [0.3, 0.4) is 0 Å². The molecule has 0 aliphatic carbocycles. The van der Waals surface area contributed by atoms with Crippen molar-refractivity contribution in [3.63, 3.8) is 0 Å². The summed E-state index contributed by atoms with van der Waals surface area (Å²) >= 11 is 0. The van der Waals surface area contributed by atoms with Crippen LogP contribution in [0.15, 0.2) is 18.2 Å². The average molecular weight is 264 g/mol. The second-order valence-corrected chi connectivity index (χ2v) is 4.27. The molecule has 1 aliphatic heterocycles. The Kier molecular flexibility index (Phi) is 3.59. The molecule has 2 nitrogen and oxygen atoms in total. The van der Waals surface area contributed by atoms with E-state index >= 15 is 0 Å². The molecule has 0 spiro atoms. The summed E-state index contributed by atoms with van der Waals surface area (Å²) in [7, 11) is 0. The van der Waals surface area contributed by atoms with Crippen molar-refractivity contribution in [2.24, 2.45) is 0 Å². The van der Waals surface area contributed by atoms with Gasteiger partial charge in [-0.15, -0.1) is 0 Å². The Balaban J connectivity index is 2.24. The minimum Gasteiger partial charge on any atom is -0.393 e. The molecule has 18 heavy (non-hydrogen) atoms. The lowest BCUT2D eigenvalue weighted by atomic mass is 9.98. The second-order valence-electron chi connectivity index (χ2n) is 4.27. The summed E-state index contributed by atoms with van der Waals surface area (Å²) in [6.45, 7) is 0.270. The Bertz CT molecular complexity index is 431. The van der Waals surface area contributed by atoms with Crippen LogP contribution in [-0.4, -0.2) is 17.8 Å². The fourth-order valence-electron chi connectivity index (χ4n) is 1.96. The highest BCUT2D eigenvalue weighted by molar-refractivity contribution is 5.28. The van der Waals surface area contributed by atoms with Gasteiger partial charge in [0.2, 0.25) is 0 Å². The van der Waals surface area contributed by atoms with Crippen LogP contribution in [0.5, 0.6) is 0 Å². The summed E-state index contributed by atoms with van der Waals surface area (Å²) in [5, 5.41) is 9.43. The zero-order valence-electron chi connectivity index (χ0n) is 9.38. The minimum absolute atomic E-state index is 0.0572. The maximum Gasteiger partial charge on any atom is 0.416 e. The predicted molar refractivity (Wildman–Crippen MR) is 55.3 cm³/mol. The quantitative estimate of drug-likeness (QED) is 0.790. The molecule has 0 amide bonds. The fraction of sp³-hybridized carbons (Fsp3) is 0.500. The number of hydrogen-bond acceptors (Lipinski definition) is 2. The molecule has 1 aliphatic rings. The number of rotatable bonds is 1.